The number of nitrogens with zero attached hydrogens (tertiary/aromatic N) is 2. The Balaban J connectivity index is 1.81. The summed E-state index contributed by atoms with van der Waals surface area (Å²) in [5, 5.41) is 3.04. The van der Waals surface area contributed by atoms with Gasteiger partial charge >= 0.3 is 0 Å². The monoisotopic (exact) mass is 635 g/mol. The van der Waals surface area contributed by atoms with Crippen molar-refractivity contribution in [3.05, 3.63) is 131 Å². The molecule has 0 spiro atoms. The molecule has 0 aromatic heterocycles. The van der Waals surface area contributed by atoms with Crippen molar-refractivity contribution in [1.29, 1.82) is 0 Å². The fraction of sp³-hybridized carbons (Fsp3) is 0.235. The van der Waals surface area contributed by atoms with Crippen molar-refractivity contribution in [2.75, 3.05) is 10.8 Å². The van der Waals surface area contributed by atoms with Gasteiger partial charge in [-0.1, -0.05) is 83.9 Å². The van der Waals surface area contributed by atoms with Crippen molar-refractivity contribution in [3.63, 3.8) is 0 Å². The van der Waals surface area contributed by atoms with E-state index in [2.05, 4.69) is 5.32 Å². The van der Waals surface area contributed by atoms with Gasteiger partial charge in [0, 0.05) is 19.0 Å². The van der Waals surface area contributed by atoms with Gasteiger partial charge in [-0.15, -0.1) is 0 Å². The molecule has 0 saturated carbocycles. The molecule has 7 nitrogen and oxygen atoms in total. The number of benzene rings is 4. The van der Waals surface area contributed by atoms with Gasteiger partial charge in [0.2, 0.25) is 11.8 Å². The molecule has 0 aliphatic rings. The van der Waals surface area contributed by atoms with Crippen LogP contribution in [-0.4, -0.2) is 43.8 Å². The van der Waals surface area contributed by atoms with E-state index in [1.54, 1.807) is 30.3 Å². The van der Waals surface area contributed by atoms with Crippen molar-refractivity contribution < 1.29 is 22.4 Å². The molecule has 0 saturated heterocycles. The summed E-state index contributed by atoms with van der Waals surface area (Å²) in [4.78, 5) is 29.4. The zero-order chi connectivity index (χ0) is 31.9. The van der Waals surface area contributed by atoms with Gasteiger partial charge in [0.1, 0.15) is 18.4 Å². The Hall–Kier alpha value is -4.21. The minimum absolute atomic E-state index is 0.0145. The van der Waals surface area contributed by atoms with Crippen molar-refractivity contribution in [2.24, 2.45) is 0 Å². The van der Waals surface area contributed by atoms with Crippen LogP contribution >= 0.6 is 11.6 Å². The summed E-state index contributed by atoms with van der Waals surface area (Å²) in [7, 11) is -4.27. The summed E-state index contributed by atoms with van der Waals surface area (Å²) in [5.74, 6) is -1.48. The summed E-state index contributed by atoms with van der Waals surface area (Å²) in [6.07, 6.45) is 0.170. The normalized spacial score (nSPS) is 12.0. The number of carbonyl (C=O) groups is 2. The maximum absolute atomic E-state index is 14.4. The van der Waals surface area contributed by atoms with Crippen LogP contribution in [0.15, 0.2) is 108 Å². The molecule has 4 aromatic carbocycles. The molecule has 1 atom stereocenters. The van der Waals surface area contributed by atoms with Crippen LogP contribution in [0.4, 0.5) is 10.1 Å². The zero-order valence-electron chi connectivity index (χ0n) is 24.8. The van der Waals surface area contributed by atoms with E-state index in [1.807, 2.05) is 51.1 Å². The van der Waals surface area contributed by atoms with Crippen molar-refractivity contribution >= 4 is 39.1 Å². The number of amides is 2. The minimum Gasteiger partial charge on any atom is -0.352 e. The van der Waals surface area contributed by atoms with Crippen molar-refractivity contribution in [1.82, 2.24) is 10.2 Å². The summed E-state index contributed by atoms with van der Waals surface area (Å²) in [5.41, 5.74) is 2.37. The van der Waals surface area contributed by atoms with Gasteiger partial charge in [-0.25, -0.2) is 12.8 Å². The molecule has 2 amide bonds. The number of sulfonamides is 1. The Morgan fingerprint density at radius 2 is 1.45 bits per heavy atom. The zero-order valence-corrected chi connectivity index (χ0v) is 26.4. The average molecular weight is 636 g/mol. The van der Waals surface area contributed by atoms with Gasteiger partial charge in [0.25, 0.3) is 10.0 Å². The van der Waals surface area contributed by atoms with Crippen LogP contribution in [0.2, 0.25) is 5.02 Å². The van der Waals surface area contributed by atoms with Gasteiger partial charge in [-0.05, 0) is 68.3 Å². The third-order valence-corrected chi connectivity index (χ3v) is 9.07. The SMILES string of the molecule is Cc1ccc(S(=O)(=O)N(CC(=O)N(Cc2ccc(F)cc2)[C@@H](Cc2ccccc2)C(=O)NC(C)C)c2ccccc2Cl)cc1. The molecule has 10 heteroatoms. The van der Waals surface area contributed by atoms with E-state index >= 15 is 0 Å². The van der Waals surface area contributed by atoms with Crippen LogP contribution in [0.5, 0.6) is 0 Å². The number of carbonyl (C=O) groups excluding carboxylic acids is 2. The third-order valence-electron chi connectivity index (χ3n) is 6.98. The highest BCUT2D eigenvalue weighted by molar-refractivity contribution is 7.92. The second kappa shape index (κ2) is 14.5. The average Bonchev–Trinajstić information content (AvgIpc) is 2.99. The molecule has 4 aromatic rings. The standard InChI is InChI=1S/C34H35ClFN3O4S/c1-24(2)37-34(41)32(21-26-9-5-4-6-10-26)38(22-27-15-17-28(36)18-16-27)33(40)23-39(31-12-8-7-11-30(31)35)44(42,43)29-19-13-25(3)14-20-29/h4-20,24,32H,21-23H2,1-3H3,(H,37,41)/t32-/m0/s1. The third kappa shape index (κ3) is 8.24. The van der Waals surface area contributed by atoms with E-state index in [-0.39, 0.29) is 34.6 Å². The number of nitrogens with one attached hydrogen (secondary N) is 1. The first kappa shape index (κ1) is 32.7. The smallest absolute Gasteiger partial charge is 0.264 e. The fourth-order valence-electron chi connectivity index (χ4n) is 4.73. The molecule has 4 rings (SSSR count). The molecule has 0 aliphatic carbocycles. The molecule has 230 valence electrons. The van der Waals surface area contributed by atoms with Crippen molar-refractivity contribution in [2.45, 2.75) is 50.7 Å². The number of halogens is 2. The van der Waals surface area contributed by atoms with Crippen LogP contribution in [-0.2, 0) is 32.6 Å². The van der Waals surface area contributed by atoms with Gasteiger partial charge in [0.15, 0.2) is 0 Å². The Kier molecular flexibility index (Phi) is 10.8. The number of aryl methyl sites for hydroxylation is 1. The maximum Gasteiger partial charge on any atom is 0.264 e. The Morgan fingerprint density at radius 3 is 2.07 bits per heavy atom. The molecular formula is C34H35ClFN3O4S. The summed E-state index contributed by atoms with van der Waals surface area (Å²) in [6.45, 7) is 4.77. The predicted molar refractivity (Wildman–Crippen MR) is 171 cm³/mol. The molecular weight excluding hydrogens is 601 g/mol. The summed E-state index contributed by atoms with van der Waals surface area (Å²) < 4.78 is 42.9. The van der Waals surface area contributed by atoms with E-state index < -0.39 is 40.2 Å². The first-order chi connectivity index (χ1) is 21.0. The highest BCUT2D eigenvalue weighted by atomic mass is 35.5. The van der Waals surface area contributed by atoms with Crippen LogP contribution < -0.4 is 9.62 Å². The van der Waals surface area contributed by atoms with E-state index in [0.29, 0.717) is 5.56 Å². The number of para-hydroxylation sites is 1. The topological polar surface area (TPSA) is 86.8 Å². The second-order valence-electron chi connectivity index (χ2n) is 10.8. The largest absolute Gasteiger partial charge is 0.352 e. The lowest BCUT2D eigenvalue weighted by Gasteiger charge is -2.34. The Labute approximate surface area is 263 Å². The number of rotatable bonds is 12. The van der Waals surface area contributed by atoms with Crippen molar-refractivity contribution in [3.8, 4) is 0 Å². The molecule has 1 N–H and O–H groups in total. The first-order valence-corrected chi connectivity index (χ1v) is 16.0. The van der Waals surface area contributed by atoms with E-state index in [9.17, 15) is 22.4 Å². The number of hydrogen-bond acceptors (Lipinski definition) is 4. The van der Waals surface area contributed by atoms with Gasteiger partial charge < -0.3 is 10.2 Å². The predicted octanol–water partition coefficient (Wildman–Crippen LogP) is 6.15. The molecule has 0 fully saturated rings. The molecule has 0 heterocycles. The maximum atomic E-state index is 14.4. The summed E-state index contributed by atoms with van der Waals surface area (Å²) >= 11 is 6.49. The van der Waals surface area contributed by atoms with E-state index in [1.165, 1.54) is 47.4 Å². The lowest BCUT2D eigenvalue weighted by atomic mass is 10.0. The van der Waals surface area contributed by atoms with Crippen LogP contribution in [0.25, 0.3) is 0 Å². The lowest BCUT2D eigenvalue weighted by Crippen LogP contribution is -2.54. The first-order valence-electron chi connectivity index (χ1n) is 14.2. The fourth-order valence-corrected chi connectivity index (χ4v) is 6.45. The molecule has 0 unspecified atom stereocenters. The quantitative estimate of drug-likeness (QED) is 0.202. The van der Waals surface area contributed by atoms with Crippen LogP contribution in [0.1, 0.15) is 30.5 Å². The summed E-state index contributed by atoms with van der Waals surface area (Å²) in [6, 6.07) is 26.3. The Morgan fingerprint density at radius 1 is 0.841 bits per heavy atom. The molecule has 0 aliphatic heterocycles. The second-order valence-corrected chi connectivity index (χ2v) is 13.1. The van der Waals surface area contributed by atoms with Crippen LogP contribution in [0.3, 0.4) is 0 Å². The lowest BCUT2D eigenvalue weighted by molar-refractivity contribution is -0.140. The van der Waals surface area contributed by atoms with Gasteiger partial charge in [-0.2, -0.15) is 0 Å². The van der Waals surface area contributed by atoms with Crippen LogP contribution in [0, 0.1) is 12.7 Å². The number of hydrogen-bond donors (Lipinski definition) is 1. The van der Waals surface area contributed by atoms with E-state index in [4.69, 9.17) is 11.6 Å². The Bertz CT molecular complexity index is 1680. The highest BCUT2D eigenvalue weighted by Crippen LogP contribution is 2.31. The molecule has 44 heavy (non-hydrogen) atoms. The highest BCUT2D eigenvalue weighted by Gasteiger charge is 2.35. The molecule has 0 bridgehead atoms. The van der Waals surface area contributed by atoms with Gasteiger partial charge in [0.05, 0.1) is 15.6 Å². The number of anilines is 1. The van der Waals surface area contributed by atoms with Gasteiger partial charge in [-0.3, -0.25) is 13.9 Å². The minimum atomic E-state index is -4.27. The molecule has 0 radical (unpaired) electrons. The van der Waals surface area contributed by atoms with E-state index in [0.717, 1.165) is 15.4 Å².